The number of carbonyl (C=O) groups is 3. The number of carboxylic acid groups (broad SMARTS) is 1. The molecule has 9 atom stereocenters. The van der Waals surface area contributed by atoms with Gasteiger partial charge in [0.1, 0.15) is 0 Å². The molecule has 0 amide bonds. The molecular formula is C25H32O7. The first-order valence-electron chi connectivity index (χ1n) is 14.9. The topological polar surface area (TPSA) is 110 Å². The molecule has 7 nitrogen and oxygen atoms in total. The van der Waals surface area contributed by atoms with E-state index < -0.39 is 78.1 Å². The summed E-state index contributed by atoms with van der Waals surface area (Å²) in [5.74, 6) is -4.81. The zero-order chi connectivity index (χ0) is 30.1. The van der Waals surface area contributed by atoms with Gasteiger partial charge in [-0.05, 0) is 56.0 Å². The van der Waals surface area contributed by atoms with Crippen LogP contribution >= 0.6 is 0 Å². The second kappa shape index (κ2) is 7.08. The molecule has 1 saturated heterocycles. The lowest BCUT2D eigenvalue weighted by Crippen LogP contribution is -2.64. The zero-order valence-corrected chi connectivity index (χ0v) is 17.9. The van der Waals surface area contributed by atoms with Gasteiger partial charge in [0.15, 0.2) is 17.7 Å². The van der Waals surface area contributed by atoms with Crippen molar-refractivity contribution >= 4 is 17.5 Å². The fraction of sp³-hybridized carbons (Fsp3) is 0.720. The molecule has 2 N–H and O–H groups in total. The molecule has 7 heteroatoms. The molecule has 0 aromatic rings. The summed E-state index contributed by atoms with van der Waals surface area (Å²) in [5.41, 5.74) is -3.79. The van der Waals surface area contributed by atoms with Crippen LogP contribution in [-0.2, 0) is 23.9 Å². The smallest absolute Gasteiger partial charge is 0.375 e. The van der Waals surface area contributed by atoms with E-state index in [1.807, 2.05) is 6.92 Å². The summed E-state index contributed by atoms with van der Waals surface area (Å²) in [6.07, 6.45) is -7.84. The fourth-order valence-corrected chi connectivity index (χ4v) is 7.63. The summed E-state index contributed by atoms with van der Waals surface area (Å²) in [6, 6.07) is 0. The third-order valence-corrected chi connectivity index (χ3v) is 8.85. The number of Topliss-reactive ketones (excluding diaryl/α,β-unsaturated/α-hetero) is 1. The first-order chi connectivity index (χ1) is 18.1. The van der Waals surface area contributed by atoms with Crippen molar-refractivity contribution in [3.05, 3.63) is 23.8 Å². The van der Waals surface area contributed by atoms with Gasteiger partial charge in [-0.1, -0.05) is 38.7 Å². The van der Waals surface area contributed by atoms with Crippen molar-refractivity contribution in [2.24, 2.45) is 28.6 Å². The normalized spacial score (nSPS) is 56.3. The standard InChI is InChI=1S/C25H32O7/c1-4-5-19-31-18-11-16-15-7-6-13-10-14(26)8-9-23(13,2)20(15)17(27)12-24(16,3)25(18,32-19)21(28)22(29)30/h8-10,15-20,27H,4-7,11-12H2,1-3H3,(H,29,30)/t15?,16?,17?,18-,19?,20?,23+,24+,25+/m1/s1/i1D3,4D2,5D2,19D. The number of aliphatic hydroxyl groups is 1. The molecule has 0 radical (unpaired) electrons. The Morgan fingerprint density at radius 2 is 2.19 bits per heavy atom. The molecule has 174 valence electrons. The van der Waals surface area contributed by atoms with Crippen molar-refractivity contribution in [2.45, 2.75) is 83.2 Å². The lowest BCUT2D eigenvalue weighted by molar-refractivity contribution is -0.201. The maximum atomic E-state index is 13.5. The van der Waals surface area contributed by atoms with Gasteiger partial charge in [0, 0.05) is 26.3 Å². The number of hydrogen-bond donors (Lipinski definition) is 2. The zero-order valence-electron chi connectivity index (χ0n) is 25.9. The number of hydrogen-bond acceptors (Lipinski definition) is 6. The third-order valence-electron chi connectivity index (χ3n) is 8.85. The average molecular weight is 453 g/mol. The minimum Gasteiger partial charge on any atom is -0.475 e. The molecule has 5 rings (SSSR count). The van der Waals surface area contributed by atoms with Crippen molar-refractivity contribution in [2.75, 3.05) is 0 Å². The van der Waals surface area contributed by atoms with E-state index in [0.717, 1.165) is 5.57 Å². The monoisotopic (exact) mass is 452 g/mol. The molecule has 32 heavy (non-hydrogen) atoms. The Kier molecular flexibility index (Phi) is 3.19. The van der Waals surface area contributed by atoms with E-state index in [1.54, 1.807) is 12.2 Å². The Bertz CT molecular complexity index is 1250. The molecule has 0 bridgehead atoms. The third kappa shape index (κ3) is 2.62. The van der Waals surface area contributed by atoms with Crippen LogP contribution in [0.1, 0.15) is 70.1 Å². The van der Waals surface area contributed by atoms with Crippen LogP contribution in [0.2, 0.25) is 0 Å². The van der Waals surface area contributed by atoms with Crippen molar-refractivity contribution in [1.82, 2.24) is 0 Å². The van der Waals surface area contributed by atoms with Crippen molar-refractivity contribution in [3.63, 3.8) is 0 Å². The van der Waals surface area contributed by atoms with Crippen LogP contribution in [0, 0.1) is 28.6 Å². The second-order valence-electron chi connectivity index (χ2n) is 10.1. The maximum absolute atomic E-state index is 13.5. The number of ether oxygens (including phenoxy) is 2. The summed E-state index contributed by atoms with van der Waals surface area (Å²) in [4.78, 5) is 37.7. The van der Waals surface area contributed by atoms with Crippen molar-refractivity contribution in [1.29, 1.82) is 0 Å². The molecule has 0 aromatic heterocycles. The maximum Gasteiger partial charge on any atom is 0.375 e. The second-order valence-corrected chi connectivity index (χ2v) is 10.1. The van der Waals surface area contributed by atoms with E-state index in [9.17, 15) is 24.6 Å². The van der Waals surface area contributed by atoms with Crippen molar-refractivity contribution < 1.29 is 45.0 Å². The van der Waals surface area contributed by atoms with E-state index >= 15 is 0 Å². The molecule has 5 aliphatic rings. The highest BCUT2D eigenvalue weighted by atomic mass is 16.7. The number of rotatable bonds is 4. The Labute approximate surface area is 199 Å². The minimum atomic E-state index is -3.68. The van der Waals surface area contributed by atoms with Gasteiger partial charge < -0.3 is 19.7 Å². The fourth-order valence-electron chi connectivity index (χ4n) is 7.63. The van der Waals surface area contributed by atoms with Crippen LogP contribution in [0.4, 0.5) is 0 Å². The molecule has 5 unspecified atom stereocenters. The molecule has 1 aliphatic heterocycles. The molecule has 1 heterocycles. The van der Waals surface area contributed by atoms with Gasteiger partial charge in [-0.15, -0.1) is 0 Å². The molecule has 3 saturated carbocycles. The Hall–Kier alpha value is -1.83. The number of carbonyl (C=O) groups excluding carboxylic acids is 2. The van der Waals surface area contributed by atoms with Gasteiger partial charge in [-0.25, -0.2) is 4.79 Å². The predicted octanol–water partition coefficient (Wildman–Crippen LogP) is 2.81. The molecule has 4 fully saturated rings. The van der Waals surface area contributed by atoms with Gasteiger partial charge >= 0.3 is 5.97 Å². The van der Waals surface area contributed by atoms with Crippen LogP contribution in [0.5, 0.6) is 0 Å². The summed E-state index contributed by atoms with van der Waals surface area (Å²) in [7, 11) is 0. The van der Waals surface area contributed by atoms with Gasteiger partial charge in [-0.3, -0.25) is 9.59 Å². The summed E-state index contributed by atoms with van der Waals surface area (Å²) < 4.78 is 75.4. The lowest BCUT2D eigenvalue weighted by Gasteiger charge is -2.59. The predicted molar refractivity (Wildman–Crippen MR) is 113 cm³/mol. The van der Waals surface area contributed by atoms with E-state index in [1.165, 1.54) is 13.0 Å². The Morgan fingerprint density at radius 3 is 2.91 bits per heavy atom. The number of ketones is 2. The van der Waals surface area contributed by atoms with E-state index in [-0.39, 0.29) is 24.5 Å². The first-order valence-corrected chi connectivity index (χ1v) is 10.9. The van der Waals surface area contributed by atoms with Crippen molar-refractivity contribution in [3.8, 4) is 0 Å². The highest BCUT2D eigenvalue weighted by molar-refractivity contribution is 6.36. The summed E-state index contributed by atoms with van der Waals surface area (Å²) in [5, 5.41) is 21.5. The van der Waals surface area contributed by atoms with Gasteiger partial charge in [0.25, 0.3) is 5.78 Å². The number of aliphatic carboxylic acids is 1. The summed E-state index contributed by atoms with van der Waals surface area (Å²) in [6.45, 7) is -0.0993. The van der Waals surface area contributed by atoms with E-state index in [2.05, 4.69) is 0 Å². The molecule has 4 aliphatic carbocycles. The highest BCUT2D eigenvalue weighted by Gasteiger charge is 2.76. The lowest BCUT2D eigenvalue weighted by atomic mass is 9.46. The average Bonchev–Trinajstić information content (AvgIpc) is 3.26. The summed E-state index contributed by atoms with van der Waals surface area (Å²) >= 11 is 0. The van der Waals surface area contributed by atoms with Crippen LogP contribution in [-0.4, -0.2) is 51.8 Å². The highest BCUT2D eigenvalue weighted by Crippen LogP contribution is 2.69. The van der Waals surface area contributed by atoms with Crippen LogP contribution in [0.3, 0.4) is 0 Å². The Balaban J connectivity index is 1.61. The SMILES string of the molecule is [2H]C([2H])([2H])C([2H])([2H])C([2H])([2H])C1([2H])O[C@@H]2CC3C4CCC5=CC(=O)C=C[C@]5(C)C4C(O)C[C@]3(C)[C@]2(C(=O)C(=O)O)O1. The quantitative estimate of drug-likeness (QED) is 0.631. The minimum absolute atomic E-state index is 0.0609. The van der Waals surface area contributed by atoms with Crippen LogP contribution in [0.25, 0.3) is 0 Å². The van der Waals surface area contributed by atoms with Gasteiger partial charge in [-0.2, -0.15) is 0 Å². The number of fused-ring (bicyclic) bond motifs is 7. The van der Waals surface area contributed by atoms with Gasteiger partial charge in [0.05, 0.1) is 13.6 Å². The number of carboxylic acids is 1. The number of allylic oxidation sites excluding steroid dienone is 4. The molecular weight excluding hydrogens is 412 g/mol. The Morgan fingerprint density at radius 1 is 1.41 bits per heavy atom. The van der Waals surface area contributed by atoms with E-state index in [0.29, 0.717) is 12.8 Å². The number of aliphatic hydroxyl groups excluding tert-OH is 1. The van der Waals surface area contributed by atoms with Crippen LogP contribution < -0.4 is 0 Å². The van der Waals surface area contributed by atoms with Gasteiger partial charge in [0.2, 0.25) is 0 Å². The van der Waals surface area contributed by atoms with Crippen LogP contribution in [0.15, 0.2) is 23.8 Å². The first kappa shape index (κ1) is 14.4. The molecule has 0 aromatic carbocycles. The largest absolute Gasteiger partial charge is 0.475 e. The van der Waals surface area contributed by atoms with E-state index in [4.69, 9.17) is 20.4 Å². The molecule has 0 spiro atoms.